The molecule has 0 aromatic heterocycles. The molecule has 2 aromatic rings. The van der Waals surface area contributed by atoms with Crippen LogP contribution in [-0.4, -0.2) is 17.6 Å². The number of carbonyl (C=O) groups is 1. The number of nitrogens with one attached hydrogen (secondary N) is 2. The Labute approximate surface area is 153 Å². The fraction of sp³-hybridized carbons (Fsp3) is 0.118. The second-order valence-corrected chi connectivity index (χ2v) is 6.21. The van der Waals surface area contributed by atoms with E-state index in [0.717, 1.165) is 10.0 Å². The van der Waals surface area contributed by atoms with Crippen LogP contribution in [-0.2, 0) is 4.79 Å². The molecule has 0 unspecified atom stereocenters. The average molecular weight is 404 g/mol. The number of aryl methyl sites for hydroxylation is 1. The van der Waals surface area contributed by atoms with Gasteiger partial charge in [-0.25, -0.2) is 0 Å². The number of nitriles is 1. The Morgan fingerprint density at radius 2 is 2.00 bits per heavy atom. The van der Waals surface area contributed by atoms with Gasteiger partial charge in [0.05, 0.1) is 11.6 Å². The molecule has 5 nitrogen and oxygen atoms in total. The zero-order chi connectivity index (χ0) is 17.5. The lowest BCUT2D eigenvalue weighted by Crippen LogP contribution is -2.37. The van der Waals surface area contributed by atoms with Gasteiger partial charge in [0.1, 0.15) is 5.75 Å². The molecule has 0 bridgehead atoms. The molecule has 0 aliphatic rings. The van der Waals surface area contributed by atoms with E-state index in [4.69, 9.17) is 22.2 Å². The number of rotatable bonds is 4. The van der Waals surface area contributed by atoms with Crippen molar-refractivity contribution in [2.75, 3.05) is 11.9 Å². The summed E-state index contributed by atoms with van der Waals surface area (Å²) in [5.41, 5.74) is 2.16. The van der Waals surface area contributed by atoms with Crippen LogP contribution in [0.1, 0.15) is 11.1 Å². The van der Waals surface area contributed by atoms with Crippen molar-refractivity contribution < 1.29 is 9.53 Å². The van der Waals surface area contributed by atoms with Gasteiger partial charge < -0.3 is 10.1 Å². The lowest BCUT2D eigenvalue weighted by atomic mass is 10.2. The molecule has 1 amide bonds. The number of hydrogen-bond acceptors (Lipinski definition) is 4. The number of hydrogen-bond donors (Lipinski definition) is 2. The second kappa shape index (κ2) is 8.43. The molecule has 0 fully saturated rings. The fourth-order valence-electron chi connectivity index (χ4n) is 1.87. The first kappa shape index (κ1) is 17.9. The average Bonchev–Trinajstić information content (AvgIpc) is 2.54. The van der Waals surface area contributed by atoms with Crippen molar-refractivity contribution in [3.63, 3.8) is 0 Å². The number of carbonyl (C=O) groups excluding carboxylic acids is 1. The molecule has 0 aliphatic heterocycles. The van der Waals surface area contributed by atoms with Gasteiger partial charge >= 0.3 is 0 Å². The summed E-state index contributed by atoms with van der Waals surface area (Å²) in [4.78, 5) is 11.9. The molecule has 0 radical (unpaired) electrons. The third-order valence-corrected chi connectivity index (χ3v) is 3.72. The number of amides is 1. The molecule has 0 saturated carbocycles. The van der Waals surface area contributed by atoms with Gasteiger partial charge in [-0.15, -0.1) is 0 Å². The summed E-state index contributed by atoms with van der Waals surface area (Å²) in [6, 6.07) is 14.3. The van der Waals surface area contributed by atoms with E-state index in [0.29, 0.717) is 17.0 Å². The minimum atomic E-state index is -0.358. The maximum atomic E-state index is 11.9. The van der Waals surface area contributed by atoms with Crippen molar-refractivity contribution in [2.24, 2.45) is 0 Å². The van der Waals surface area contributed by atoms with Crippen molar-refractivity contribution in [1.29, 1.82) is 5.26 Å². The van der Waals surface area contributed by atoms with E-state index in [-0.39, 0.29) is 17.6 Å². The number of ether oxygens (including phenoxy) is 1. The Kier molecular flexibility index (Phi) is 6.29. The Bertz CT molecular complexity index is 800. The van der Waals surface area contributed by atoms with Gasteiger partial charge in [0, 0.05) is 10.2 Å². The monoisotopic (exact) mass is 403 g/mol. The molecule has 2 N–H and O–H groups in total. The van der Waals surface area contributed by atoms with Crippen LogP contribution in [0.5, 0.6) is 5.75 Å². The highest BCUT2D eigenvalue weighted by Crippen LogP contribution is 2.21. The van der Waals surface area contributed by atoms with Crippen LogP contribution in [0.15, 0.2) is 46.9 Å². The molecule has 0 saturated heterocycles. The molecule has 0 spiro atoms. The number of anilines is 1. The third kappa shape index (κ3) is 5.33. The van der Waals surface area contributed by atoms with Crippen molar-refractivity contribution >= 4 is 44.9 Å². The highest BCUT2D eigenvalue weighted by atomic mass is 79.9. The van der Waals surface area contributed by atoms with Crippen LogP contribution in [0.25, 0.3) is 0 Å². The fourth-order valence-corrected chi connectivity index (χ4v) is 2.58. The van der Waals surface area contributed by atoms with Crippen LogP contribution in [0.2, 0.25) is 0 Å². The first-order chi connectivity index (χ1) is 11.5. The zero-order valence-corrected chi connectivity index (χ0v) is 15.2. The van der Waals surface area contributed by atoms with E-state index >= 15 is 0 Å². The molecule has 2 aromatic carbocycles. The summed E-state index contributed by atoms with van der Waals surface area (Å²) in [5, 5.41) is 14.3. The van der Waals surface area contributed by atoms with Crippen LogP contribution >= 0.6 is 28.1 Å². The van der Waals surface area contributed by atoms with Gasteiger partial charge in [0.25, 0.3) is 5.91 Å². The van der Waals surface area contributed by atoms with Gasteiger partial charge in [-0.3, -0.25) is 10.1 Å². The lowest BCUT2D eigenvalue weighted by molar-refractivity contribution is -0.121. The number of thiocarbonyl (C=S) groups is 1. The van der Waals surface area contributed by atoms with Gasteiger partial charge in [-0.2, -0.15) is 5.26 Å². The SMILES string of the molecule is Cc1cc(Br)ccc1OCC(=O)NC(=S)Nc1ccc(C#N)cc1. The van der Waals surface area contributed by atoms with E-state index in [1.807, 2.05) is 25.1 Å². The van der Waals surface area contributed by atoms with E-state index in [1.165, 1.54) is 0 Å². The summed E-state index contributed by atoms with van der Waals surface area (Å²) in [6.07, 6.45) is 0. The number of nitrogens with zero attached hydrogens (tertiary/aromatic N) is 1. The van der Waals surface area contributed by atoms with Gasteiger partial charge in [-0.1, -0.05) is 15.9 Å². The minimum Gasteiger partial charge on any atom is -0.483 e. The smallest absolute Gasteiger partial charge is 0.264 e. The quantitative estimate of drug-likeness (QED) is 0.763. The van der Waals surface area contributed by atoms with Crippen molar-refractivity contribution in [3.05, 3.63) is 58.1 Å². The van der Waals surface area contributed by atoms with Gasteiger partial charge in [-0.05, 0) is 67.2 Å². The zero-order valence-electron chi connectivity index (χ0n) is 12.8. The maximum absolute atomic E-state index is 11.9. The molecule has 24 heavy (non-hydrogen) atoms. The summed E-state index contributed by atoms with van der Waals surface area (Å²) in [6.45, 7) is 1.76. The van der Waals surface area contributed by atoms with Crippen LogP contribution in [0.3, 0.4) is 0 Å². The number of benzene rings is 2. The van der Waals surface area contributed by atoms with Gasteiger partial charge in [0.15, 0.2) is 11.7 Å². The first-order valence-electron chi connectivity index (χ1n) is 6.98. The Morgan fingerprint density at radius 1 is 1.29 bits per heavy atom. The van der Waals surface area contributed by atoms with E-state index < -0.39 is 0 Å². The summed E-state index contributed by atoms with van der Waals surface area (Å²) < 4.78 is 6.43. The van der Waals surface area contributed by atoms with Crippen molar-refractivity contribution in [3.8, 4) is 11.8 Å². The largest absolute Gasteiger partial charge is 0.483 e. The highest BCUT2D eigenvalue weighted by Gasteiger charge is 2.07. The third-order valence-electron chi connectivity index (χ3n) is 3.02. The molecular formula is C17H14BrN3O2S. The summed E-state index contributed by atoms with van der Waals surface area (Å²) in [7, 11) is 0. The summed E-state index contributed by atoms with van der Waals surface area (Å²) in [5.74, 6) is 0.280. The van der Waals surface area contributed by atoms with Crippen LogP contribution in [0, 0.1) is 18.3 Å². The Morgan fingerprint density at radius 3 is 2.62 bits per heavy atom. The number of halogens is 1. The predicted octanol–water partition coefficient (Wildman–Crippen LogP) is 3.52. The molecular weight excluding hydrogens is 390 g/mol. The molecule has 2 rings (SSSR count). The Hall–Kier alpha value is -2.43. The maximum Gasteiger partial charge on any atom is 0.264 e. The van der Waals surface area contributed by atoms with E-state index in [9.17, 15) is 4.79 Å². The highest BCUT2D eigenvalue weighted by molar-refractivity contribution is 9.10. The standard InChI is InChI=1S/C17H14BrN3O2S/c1-11-8-13(18)4-7-15(11)23-10-16(22)21-17(24)20-14-5-2-12(9-19)3-6-14/h2-8H,10H2,1H3,(H2,20,21,22,24). The van der Waals surface area contributed by atoms with E-state index in [1.54, 1.807) is 30.3 Å². The summed E-state index contributed by atoms with van der Waals surface area (Å²) >= 11 is 8.45. The normalized spacial score (nSPS) is 9.71. The molecule has 7 heteroatoms. The first-order valence-corrected chi connectivity index (χ1v) is 8.18. The molecule has 0 heterocycles. The second-order valence-electron chi connectivity index (χ2n) is 4.89. The van der Waals surface area contributed by atoms with Crippen molar-refractivity contribution in [2.45, 2.75) is 6.92 Å². The minimum absolute atomic E-state index is 0.141. The lowest BCUT2D eigenvalue weighted by Gasteiger charge is -2.11. The van der Waals surface area contributed by atoms with E-state index in [2.05, 4.69) is 26.6 Å². The van der Waals surface area contributed by atoms with Crippen molar-refractivity contribution in [1.82, 2.24) is 5.32 Å². The Balaban J connectivity index is 1.83. The van der Waals surface area contributed by atoms with Gasteiger partial charge in [0.2, 0.25) is 0 Å². The van der Waals surface area contributed by atoms with Crippen LogP contribution in [0.4, 0.5) is 5.69 Å². The molecule has 122 valence electrons. The molecule has 0 aliphatic carbocycles. The topological polar surface area (TPSA) is 74.2 Å². The molecule has 0 atom stereocenters. The predicted molar refractivity (Wildman–Crippen MR) is 99.9 cm³/mol. The van der Waals surface area contributed by atoms with Crippen LogP contribution < -0.4 is 15.4 Å².